The Kier molecular flexibility index (Phi) is 2.85. The van der Waals surface area contributed by atoms with Crippen molar-refractivity contribution >= 4 is 5.91 Å². The molecule has 0 aliphatic carbocycles. The average Bonchev–Trinajstić information content (AvgIpc) is 2.51. The first-order valence-corrected chi connectivity index (χ1v) is 4.30. The summed E-state index contributed by atoms with van der Waals surface area (Å²) in [6.45, 7) is 3.64. The monoisotopic (exact) mass is 192 g/mol. The Bertz CT molecular complexity index is 197. The first-order valence-electron chi connectivity index (χ1n) is 4.30. The first kappa shape index (κ1) is 10.4. The highest BCUT2D eigenvalue weighted by atomic mass is 19.3. The van der Waals surface area contributed by atoms with Crippen molar-refractivity contribution < 1.29 is 13.6 Å². The number of carbonyl (C=O) groups excluding carboxylic acids is 1. The van der Waals surface area contributed by atoms with Crippen LogP contribution in [0.1, 0.15) is 13.8 Å². The molecule has 5 heteroatoms. The van der Waals surface area contributed by atoms with Crippen molar-refractivity contribution in [3.05, 3.63) is 0 Å². The summed E-state index contributed by atoms with van der Waals surface area (Å²) in [5, 5.41) is 2.92. The fourth-order valence-electron chi connectivity index (χ4n) is 1.19. The number of alkyl halides is 2. The van der Waals surface area contributed by atoms with Gasteiger partial charge in [0.2, 0.25) is 5.91 Å². The maximum atomic E-state index is 12.8. The van der Waals surface area contributed by atoms with Gasteiger partial charge in [-0.3, -0.25) is 10.1 Å². The molecule has 1 rings (SSSR count). The molecule has 1 heterocycles. The molecular formula is C8H14F2N2O. The van der Waals surface area contributed by atoms with Crippen LogP contribution in [0.5, 0.6) is 0 Å². The quantitative estimate of drug-likeness (QED) is 0.697. The molecule has 0 aromatic carbocycles. The molecule has 76 valence electrons. The number of hydrogen-bond acceptors (Lipinski definition) is 2. The van der Waals surface area contributed by atoms with E-state index < -0.39 is 17.7 Å². The molecule has 1 atom stereocenters. The second kappa shape index (κ2) is 3.57. The van der Waals surface area contributed by atoms with Gasteiger partial charge in [0.1, 0.15) is 0 Å². The zero-order valence-corrected chi connectivity index (χ0v) is 7.81. The molecule has 1 unspecified atom stereocenters. The zero-order valence-electron chi connectivity index (χ0n) is 7.81. The molecule has 1 saturated heterocycles. The highest BCUT2D eigenvalue weighted by Crippen LogP contribution is 2.25. The van der Waals surface area contributed by atoms with Crippen LogP contribution < -0.4 is 5.32 Å². The third-order valence-corrected chi connectivity index (χ3v) is 2.30. The van der Waals surface area contributed by atoms with Gasteiger partial charge in [-0.1, -0.05) is 0 Å². The summed E-state index contributed by atoms with van der Waals surface area (Å²) >= 11 is 0. The highest BCUT2D eigenvalue weighted by Gasteiger charge is 2.38. The Balaban J connectivity index is 2.56. The topological polar surface area (TPSA) is 32.3 Å². The zero-order chi connectivity index (χ0) is 10.1. The van der Waals surface area contributed by atoms with E-state index in [1.54, 1.807) is 0 Å². The van der Waals surface area contributed by atoms with E-state index in [4.69, 9.17) is 0 Å². The Hall–Kier alpha value is -0.710. The van der Waals surface area contributed by atoms with Crippen molar-refractivity contribution in [2.75, 3.05) is 19.8 Å². The van der Waals surface area contributed by atoms with E-state index in [9.17, 15) is 13.6 Å². The van der Waals surface area contributed by atoms with E-state index in [0.29, 0.717) is 19.8 Å². The lowest BCUT2D eigenvalue weighted by atomic mass is 10.0. The predicted octanol–water partition coefficient (Wildman–Crippen LogP) is 0.667. The maximum Gasteiger partial charge on any atom is 0.256 e. The minimum absolute atomic E-state index is 0.388. The number of nitrogens with one attached hydrogen (secondary N) is 1. The Morgan fingerprint density at radius 3 is 2.62 bits per heavy atom. The van der Waals surface area contributed by atoms with Crippen molar-refractivity contribution in [2.45, 2.75) is 19.8 Å². The largest absolute Gasteiger partial charge is 0.328 e. The number of nitrogens with zero attached hydrogens (tertiary/aromatic N) is 1. The van der Waals surface area contributed by atoms with Gasteiger partial charge in [-0.2, -0.15) is 0 Å². The normalized spacial score (nSPS) is 20.5. The van der Waals surface area contributed by atoms with Crippen molar-refractivity contribution in [3.8, 4) is 0 Å². The molecule has 13 heavy (non-hydrogen) atoms. The van der Waals surface area contributed by atoms with Gasteiger partial charge in [0.25, 0.3) is 5.92 Å². The Morgan fingerprint density at radius 1 is 1.62 bits per heavy atom. The molecule has 0 aromatic heterocycles. The number of amides is 1. The standard InChI is InChI=1S/C8H14F2N2O/c1-6(8(2,9)10)7(13)12-4-3-11-5-12/h6,11H,3-5H2,1-2H3. The van der Waals surface area contributed by atoms with E-state index in [1.807, 2.05) is 0 Å². The summed E-state index contributed by atoms with van der Waals surface area (Å²) in [7, 11) is 0. The summed E-state index contributed by atoms with van der Waals surface area (Å²) in [6.07, 6.45) is 0. The molecule has 0 bridgehead atoms. The third-order valence-electron chi connectivity index (χ3n) is 2.30. The second-order valence-electron chi connectivity index (χ2n) is 3.44. The highest BCUT2D eigenvalue weighted by molar-refractivity contribution is 5.79. The van der Waals surface area contributed by atoms with Crippen molar-refractivity contribution in [1.82, 2.24) is 10.2 Å². The van der Waals surface area contributed by atoms with Gasteiger partial charge in [0, 0.05) is 20.0 Å². The molecule has 0 radical (unpaired) electrons. The van der Waals surface area contributed by atoms with Gasteiger partial charge >= 0.3 is 0 Å². The Morgan fingerprint density at radius 2 is 2.23 bits per heavy atom. The molecular weight excluding hydrogens is 178 g/mol. The van der Waals surface area contributed by atoms with Crippen LogP contribution in [0.4, 0.5) is 8.78 Å². The van der Waals surface area contributed by atoms with Crippen LogP contribution in [-0.2, 0) is 4.79 Å². The van der Waals surface area contributed by atoms with E-state index in [-0.39, 0.29) is 0 Å². The number of hydrogen-bond donors (Lipinski definition) is 1. The van der Waals surface area contributed by atoms with E-state index in [0.717, 1.165) is 6.92 Å². The molecule has 3 nitrogen and oxygen atoms in total. The molecule has 1 N–H and O–H groups in total. The molecule has 0 saturated carbocycles. The van der Waals surface area contributed by atoms with Gasteiger partial charge in [-0.05, 0) is 6.92 Å². The van der Waals surface area contributed by atoms with Crippen LogP contribution in [0.25, 0.3) is 0 Å². The molecule has 1 aliphatic heterocycles. The van der Waals surface area contributed by atoms with Gasteiger partial charge in [0.15, 0.2) is 0 Å². The fourth-order valence-corrected chi connectivity index (χ4v) is 1.19. The van der Waals surface area contributed by atoms with E-state index in [2.05, 4.69) is 5.32 Å². The molecule has 0 aromatic rings. The van der Waals surface area contributed by atoms with Crippen molar-refractivity contribution in [3.63, 3.8) is 0 Å². The smallest absolute Gasteiger partial charge is 0.256 e. The molecule has 1 aliphatic rings. The number of rotatable bonds is 2. The minimum Gasteiger partial charge on any atom is -0.328 e. The van der Waals surface area contributed by atoms with Crippen LogP contribution in [0.3, 0.4) is 0 Å². The number of halogens is 2. The lowest BCUT2D eigenvalue weighted by Gasteiger charge is -2.23. The van der Waals surface area contributed by atoms with Gasteiger partial charge in [-0.15, -0.1) is 0 Å². The van der Waals surface area contributed by atoms with Gasteiger partial charge < -0.3 is 4.90 Å². The van der Waals surface area contributed by atoms with E-state index >= 15 is 0 Å². The SMILES string of the molecule is CC(C(=O)N1CCNC1)C(C)(F)F. The van der Waals surface area contributed by atoms with Crippen LogP contribution in [-0.4, -0.2) is 36.5 Å². The average molecular weight is 192 g/mol. The summed E-state index contributed by atoms with van der Waals surface area (Å²) < 4.78 is 25.5. The Labute approximate surface area is 76.1 Å². The van der Waals surface area contributed by atoms with Crippen molar-refractivity contribution in [1.29, 1.82) is 0 Å². The van der Waals surface area contributed by atoms with Crippen molar-refractivity contribution in [2.24, 2.45) is 5.92 Å². The predicted molar refractivity (Wildman–Crippen MR) is 44.4 cm³/mol. The summed E-state index contributed by atoms with van der Waals surface area (Å²) in [5.41, 5.74) is 0. The third kappa shape index (κ3) is 2.37. The summed E-state index contributed by atoms with van der Waals surface area (Å²) in [4.78, 5) is 12.8. The minimum atomic E-state index is -2.93. The summed E-state index contributed by atoms with van der Waals surface area (Å²) in [6, 6.07) is 0. The number of carbonyl (C=O) groups is 1. The fraction of sp³-hybridized carbons (Fsp3) is 0.875. The van der Waals surface area contributed by atoms with E-state index in [1.165, 1.54) is 11.8 Å². The van der Waals surface area contributed by atoms with Crippen LogP contribution in [0, 0.1) is 5.92 Å². The lowest BCUT2D eigenvalue weighted by Crippen LogP contribution is -2.40. The molecule has 1 amide bonds. The van der Waals surface area contributed by atoms with Crippen LogP contribution in [0.2, 0.25) is 0 Å². The molecule has 1 fully saturated rings. The molecule has 0 spiro atoms. The van der Waals surface area contributed by atoms with Gasteiger partial charge in [-0.25, -0.2) is 8.78 Å². The first-order chi connectivity index (χ1) is 5.93. The van der Waals surface area contributed by atoms with Crippen LogP contribution >= 0.6 is 0 Å². The van der Waals surface area contributed by atoms with Gasteiger partial charge in [0.05, 0.1) is 12.6 Å². The lowest BCUT2D eigenvalue weighted by molar-refractivity contribution is -0.145. The van der Waals surface area contributed by atoms with Crippen LogP contribution in [0.15, 0.2) is 0 Å². The maximum absolute atomic E-state index is 12.8. The summed E-state index contributed by atoms with van der Waals surface area (Å²) in [5.74, 6) is -4.63. The second-order valence-corrected chi connectivity index (χ2v) is 3.44.